The number of ether oxygens (including phenoxy) is 1. The van der Waals surface area contributed by atoms with Crippen molar-refractivity contribution in [1.29, 1.82) is 0 Å². The number of carbonyl (C=O) groups is 1. The van der Waals surface area contributed by atoms with E-state index < -0.39 is 19.0 Å². The summed E-state index contributed by atoms with van der Waals surface area (Å²) >= 11 is 1.78. The molecule has 24 heavy (non-hydrogen) atoms. The van der Waals surface area contributed by atoms with Gasteiger partial charge in [-0.15, -0.1) is 0 Å². The van der Waals surface area contributed by atoms with Gasteiger partial charge in [-0.1, -0.05) is 0 Å². The van der Waals surface area contributed by atoms with Crippen LogP contribution in [0.5, 0.6) is 5.88 Å². The molecule has 0 radical (unpaired) electrons. The van der Waals surface area contributed by atoms with E-state index in [2.05, 4.69) is 20.4 Å². The summed E-state index contributed by atoms with van der Waals surface area (Å²) in [6.45, 7) is -0.603. The third kappa shape index (κ3) is 5.82. The van der Waals surface area contributed by atoms with Crippen LogP contribution in [0.2, 0.25) is 0 Å². The Morgan fingerprint density at radius 3 is 2.88 bits per heavy atom. The number of pyridine rings is 1. The molecule has 0 bridgehead atoms. The maximum Gasteiger partial charge on any atom is 0.340 e. The van der Waals surface area contributed by atoms with E-state index in [1.54, 1.807) is 11.8 Å². The Morgan fingerprint density at radius 2 is 2.29 bits per heavy atom. The quantitative estimate of drug-likeness (QED) is 0.725. The lowest BCUT2D eigenvalue weighted by atomic mass is 10.2. The average Bonchev–Trinajstić information content (AvgIpc) is 2.55. The van der Waals surface area contributed by atoms with Gasteiger partial charge in [-0.2, -0.15) is 20.5 Å². The van der Waals surface area contributed by atoms with Crippen LogP contribution >= 0.6 is 11.8 Å². The standard InChI is InChI=1S/C14H17F4N3O2S/c15-13(16)14(17,18)8-23-12-2-1-9(6-20-12)21-11(22)5-10-7-24-4-3-19-10/h1-2,6,10,13,19H,3-5,7-8H2,(H,21,22). The summed E-state index contributed by atoms with van der Waals surface area (Å²) in [5.41, 5.74) is 0.372. The van der Waals surface area contributed by atoms with Crippen molar-refractivity contribution in [2.75, 3.05) is 30.0 Å². The number of alkyl halides is 4. The zero-order chi connectivity index (χ0) is 17.6. The van der Waals surface area contributed by atoms with Gasteiger partial charge < -0.3 is 15.4 Å². The molecule has 1 aliphatic heterocycles. The molecule has 1 fully saturated rings. The van der Waals surface area contributed by atoms with Gasteiger partial charge in [0.25, 0.3) is 0 Å². The molecule has 0 saturated carbocycles. The van der Waals surface area contributed by atoms with Crippen molar-refractivity contribution < 1.29 is 27.1 Å². The first-order valence-electron chi connectivity index (χ1n) is 7.22. The Bertz CT molecular complexity index is 539. The van der Waals surface area contributed by atoms with Crippen LogP contribution in [0.25, 0.3) is 0 Å². The smallest absolute Gasteiger partial charge is 0.340 e. The molecule has 10 heteroatoms. The van der Waals surface area contributed by atoms with Crippen LogP contribution in [0, 0.1) is 0 Å². The second-order valence-corrected chi connectivity index (χ2v) is 6.36. The van der Waals surface area contributed by atoms with Gasteiger partial charge in [0.1, 0.15) is 0 Å². The molecule has 2 heterocycles. The topological polar surface area (TPSA) is 63.2 Å². The average molecular weight is 367 g/mol. The maximum absolute atomic E-state index is 12.7. The lowest BCUT2D eigenvalue weighted by Crippen LogP contribution is -2.39. The highest BCUT2D eigenvalue weighted by Gasteiger charge is 2.41. The molecule has 0 aliphatic carbocycles. The minimum atomic E-state index is -4.24. The summed E-state index contributed by atoms with van der Waals surface area (Å²) in [4.78, 5) is 15.6. The molecule has 1 atom stereocenters. The summed E-state index contributed by atoms with van der Waals surface area (Å²) in [6.07, 6.45) is -2.27. The van der Waals surface area contributed by atoms with Gasteiger partial charge in [-0.25, -0.2) is 13.8 Å². The number of rotatable bonds is 7. The predicted molar refractivity (Wildman–Crippen MR) is 83.0 cm³/mol. The first-order chi connectivity index (χ1) is 11.4. The van der Waals surface area contributed by atoms with Crippen molar-refractivity contribution >= 4 is 23.4 Å². The van der Waals surface area contributed by atoms with Crippen LogP contribution in [-0.4, -0.2) is 53.9 Å². The van der Waals surface area contributed by atoms with E-state index in [1.807, 2.05) is 0 Å². The van der Waals surface area contributed by atoms with Crippen LogP contribution in [-0.2, 0) is 4.79 Å². The summed E-state index contributed by atoms with van der Waals surface area (Å²) in [7, 11) is 0. The molecule has 1 unspecified atom stereocenters. The van der Waals surface area contributed by atoms with Crippen LogP contribution < -0.4 is 15.4 Å². The van der Waals surface area contributed by atoms with Crippen LogP contribution in [0.15, 0.2) is 18.3 Å². The van der Waals surface area contributed by atoms with Crippen LogP contribution in [0.1, 0.15) is 6.42 Å². The molecule has 0 aromatic carbocycles. The van der Waals surface area contributed by atoms with Gasteiger partial charge >= 0.3 is 12.3 Å². The Balaban J connectivity index is 1.80. The summed E-state index contributed by atoms with van der Waals surface area (Å²) in [6, 6.07) is 2.74. The fourth-order valence-electron chi connectivity index (χ4n) is 1.96. The van der Waals surface area contributed by atoms with Crippen LogP contribution in [0.3, 0.4) is 0 Å². The van der Waals surface area contributed by atoms with Gasteiger partial charge in [0, 0.05) is 36.6 Å². The molecule has 1 aromatic heterocycles. The van der Waals surface area contributed by atoms with E-state index in [-0.39, 0.29) is 17.8 Å². The van der Waals surface area contributed by atoms with Crippen molar-refractivity contribution in [2.45, 2.75) is 24.8 Å². The Kier molecular flexibility index (Phi) is 6.67. The third-order valence-electron chi connectivity index (χ3n) is 3.18. The molecule has 1 amide bonds. The highest BCUT2D eigenvalue weighted by molar-refractivity contribution is 7.99. The monoisotopic (exact) mass is 367 g/mol. The third-order valence-corrected chi connectivity index (χ3v) is 4.31. The molecular weight excluding hydrogens is 350 g/mol. The van der Waals surface area contributed by atoms with E-state index >= 15 is 0 Å². The zero-order valence-electron chi connectivity index (χ0n) is 12.6. The van der Waals surface area contributed by atoms with Crippen LogP contribution in [0.4, 0.5) is 23.2 Å². The number of aromatic nitrogens is 1. The van der Waals surface area contributed by atoms with Crippen molar-refractivity contribution in [3.63, 3.8) is 0 Å². The minimum Gasteiger partial charge on any atom is -0.471 e. The number of carbonyl (C=O) groups excluding carboxylic acids is 1. The normalized spacial score (nSPS) is 18.5. The summed E-state index contributed by atoms with van der Waals surface area (Å²) < 4.78 is 54.0. The van der Waals surface area contributed by atoms with E-state index in [4.69, 9.17) is 0 Å². The summed E-state index contributed by atoms with van der Waals surface area (Å²) in [5, 5.41) is 5.87. The number of thioether (sulfide) groups is 1. The number of nitrogens with zero attached hydrogens (tertiary/aromatic N) is 1. The summed E-state index contributed by atoms with van der Waals surface area (Å²) in [5.74, 6) is -2.78. The molecule has 1 aliphatic rings. The second kappa shape index (κ2) is 8.52. The number of hydrogen-bond donors (Lipinski definition) is 2. The van der Waals surface area contributed by atoms with E-state index in [0.29, 0.717) is 12.1 Å². The first kappa shape index (κ1) is 18.8. The highest BCUT2D eigenvalue weighted by atomic mass is 32.2. The fourth-order valence-corrected chi connectivity index (χ4v) is 2.91. The van der Waals surface area contributed by atoms with E-state index in [9.17, 15) is 22.4 Å². The SMILES string of the molecule is O=C(CC1CSCCN1)Nc1ccc(OCC(F)(F)C(F)F)nc1. The van der Waals surface area contributed by atoms with E-state index in [0.717, 1.165) is 18.1 Å². The van der Waals surface area contributed by atoms with Gasteiger partial charge in [0.15, 0.2) is 6.61 Å². The number of nitrogens with one attached hydrogen (secondary N) is 2. The zero-order valence-corrected chi connectivity index (χ0v) is 13.4. The van der Waals surface area contributed by atoms with Crippen molar-refractivity contribution in [3.8, 4) is 5.88 Å². The van der Waals surface area contributed by atoms with Gasteiger partial charge in [0.2, 0.25) is 11.8 Å². The molecule has 134 valence electrons. The molecular formula is C14H17F4N3O2S. The molecule has 0 spiro atoms. The number of hydrogen-bond acceptors (Lipinski definition) is 5. The Labute approximate surface area is 140 Å². The minimum absolute atomic E-state index is 0.107. The van der Waals surface area contributed by atoms with Gasteiger partial charge in [0.05, 0.1) is 11.9 Å². The van der Waals surface area contributed by atoms with Gasteiger partial charge in [-0.3, -0.25) is 4.79 Å². The molecule has 5 nitrogen and oxygen atoms in total. The largest absolute Gasteiger partial charge is 0.471 e. The molecule has 1 aromatic rings. The lowest BCUT2D eigenvalue weighted by molar-refractivity contribution is -0.148. The number of halogens is 4. The lowest BCUT2D eigenvalue weighted by Gasteiger charge is -2.22. The number of anilines is 1. The Morgan fingerprint density at radius 1 is 1.50 bits per heavy atom. The first-order valence-corrected chi connectivity index (χ1v) is 8.38. The van der Waals surface area contributed by atoms with Crippen molar-refractivity contribution in [3.05, 3.63) is 18.3 Å². The maximum atomic E-state index is 12.7. The predicted octanol–water partition coefficient (Wildman–Crippen LogP) is 2.39. The number of amides is 1. The molecule has 2 rings (SSSR count). The molecule has 2 N–H and O–H groups in total. The van der Waals surface area contributed by atoms with Crippen molar-refractivity contribution in [1.82, 2.24) is 10.3 Å². The van der Waals surface area contributed by atoms with Gasteiger partial charge in [-0.05, 0) is 6.07 Å². The highest BCUT2D eigenvalue weighted by Crippen LogP contribution is 2.24. The van der Waals surface area contributed by atoms with Crippen molar-refractivity contribution in [2.24, 2.45) is 0 Å². The second-order valence-electron chi connectivity index (χ2n) is 5.21. The fraction of sp³-hybridized carbons (Fsp3) is 0.571. The molecule has 1 saturated heterocycles. The Hall–Kier alpha value is -1.55. The van der Waals surface area contributed by atoms with E-state index in [1.165, 1.54) is 18.3 Å².